The molecule has 0 fully saturated rings. The van der Waals surface area contributed by atoms with E-state index in [0.717, 1.165) is 0 Å². The molecule has 2 rings (SSSR count). The lowest BCUT2D eigenvalue weighted by atomic mass is 9.95. The fraction of sp³-hybridized carbons (Fsp3) is 0.316. The standard InChI is InChI=1S/C19H21ClO4/c1-13(18(21)22)12-19(2,3)24-17-10-8-16(9-11-17)23-15-6-4-14(20)5-7-15/h4-11,13H,12H2,1-3H3,(H,21,22). The molecule has 0 bridgehead atoms. The van der Waals surface area contributed by atoms with E-state index in [1.165, 1.54) is 0 Å². The average molecular weight is 349 g/mol. The third-order valence-electron chi connectivity index (χ3n) is 3.49. The van der Waals surface area contributed by atoms with E-state index in [1.54, 1.807) is 55.5 Å². The molecule has 0 spiro atoms. The van der Waals surface area contributed by atoms with Gasteiger partial charge in [0, 0.05) is 5.02 Å². The Labute approximate surface area is 147 Å². The maximum atomic E-state index is 11.0. The lowest BCUT2D eigenvalue weighted by molar-refractivity contribution is -0.142. The van der Waals surface area contributed by atoms with Gasteiger partial charge in [-0.1, -0.05) is 18.5 Å². The van der Waals surface area contributed by atoms with Gasteiger partial charge in [-0.15, -0.1) is 0 Å². The molecule has 2 aromatic carbocycles. The molecule has 0 amide bonds. The second-order valence-electron chi connectivity index (χ2n) is 6.33. The molecular weight excluding hydrogens is 328 g/mol. The molecule has 1 N–H and O–H groups in total. The minimum Gasteiger partial charge on any atom is -0.488 e. The first-order valence-corrected chi connectivity index (χ1v) is 8.08. The van der Waals surface area contributed by atoms with Crippen LogP contribution in [0.25, 0.3) is 0 Å². The van der Waals surface area contributed by atoms with E-state index in [4.69, 9.17) is 26.2 Å². The zero-order valence-electron chi connectivity index (χ0n) is 14.0. The Morgan fingerprint density at radius 2 is 1.50 bits per heavy atom. The number of hydrogen-bond acceptors (Lipinski definition) is 3. The monoisotopic (exact) mass is 348 g/mol. The van der Waals surface area contributed by atoms with Crippen molar-refractivity contribution in [3.63, 3.8) is 0 Å². The van der Waals surface area contributed by atoms with Crippen LogP contribution in [0.2, 0.25) is 5.02 Å². The van der Waals surface area contributed by atoms with Crippen molar-refractivity contribution in [1.82, 2.24) is 0 Å². The number of ether oxygens (including phenoxy) is 2. The van der Waals surface area contributed by atoms with Crippen LogP contribution in [0.4, 0.5) is 0 Å². The van der Waals surface area contributed by atoms with Crippen LogP contribution in [0.5, 0.6) is 17.2 Å². The summed E-state index contributed by atoms with van der Waals surface area (Å²) in [5.41, 5.74) is -0.573. The molecule has 0 saturated carbocycles. The van der Waals surface area contributed by atoms with E-state index < -0.39 is 17.5 Å². The molecule has 5 heteroatoms. The lowest BCUT2D eigenvalue weighted by Gasteiger charge is -2.28. The molecule has 24 heavy (non-hydrogen) atoms. The highest BCUT2D eigenvalue weighted by atomic mass is 35.5. The van der Waals surface area contributed by atoms with E-state index >= 15 is 0 Å². The summed E-state index contributed by atoms with van der Waals surface area (Å²) in [7, 11) is 0. The molecule has 0 aliphatic heterocycles. The lowest BCUT2D eigenvalue weighted by Crippen LogP contribution is -2.32. The fourth-order valence-electron chi connectivity index (χ4n) is 2.40. The number of rotatable bonds is 7. The van der Waals surface area contributed by atoms with Gasteiger partial charge in [-0.25, -0.2) is 0 Å². The van der Waals surface area contributed by atoms with Crippen LogP contribution in [0.3, 0.4) is 0 Å². The third-order valence-corrected chi connectivity index (χ3v) is 3.74. The quantitative estimate of drug-likeness (QED) is 0.727. The van der Waals surface area contributed by atoms with Gasteiger partial charge in [0.05, 0.1) is 5.92 Å². The van der Waals surface area contributed by atoms with E-state index in [0.29, 0.717) is 28.7 Å². The SMILES string of the molecule is CC(CC(C)(C)Oc1ccc(Oc2ccc(Cl)cc2)cc1)C(=O)O. The van der Waals surface area contributed by atoms with Crippen LogP contribution in [0.1, 0.15) is 27.2 Å². The summed E-state index contributed by atoms with van der Waals surface area (Å²) < 4.78 is 11.6. The molecule has 128 valence electrons. The summed E-state index contributed by atoms with van der Waals surface area (Å²) >= 11 is 5.84. The Morgan fingerprint density at radius 1 is 1.04 bits per heavy atom. The summed E-state index contributed by atoms with van der Waals surface area (Å²) in [6.07, 6.45) is 0.422. The van der Waals surface area contributed by atoms with E-state index in [1.807, 2.05) is 13.8 Å². The molecular formula is C19H21ClO4. The topological polar surface area (TPSA) is 55.8 Å². The molecule has 0 radical (unpaired) electrons. The molecule has 0 aliphatic carbocycles. The summed E-state index contributed by atoms with van der Waals surface area (Å²) in [6.45, 7) is 5.44. The van der Waals surface area contributed by atoms with Gasteiger partial charge in [0.15, 0.2) is 0 Å². The molecule has 2 aromatic rings. The first-order chi connectivity index (χ1) is 11.2. The summed E-state index contributed by atoms with van der Waals surface area (Å²) in [4.78, 5) is 11.0. The maximum absolute atomic E-state index is 11.0. The highest BCUT2D eigenvalue weighted by Crippen LogP contribution is 2.28. The van der Waals surface area contributed by atoms with Crippen molar-refractivity contribution < 1.29 is 19.4 Å². The molecule has 0 heterocycles. The van der Waals surface area contributed by atoms with Crippen molar-refractivity contribution in [2.45, 2.75) is 32.8 Å². The zero-order chi connectivity index (χ0) is 17.7. The van der Waals surface area contributed by atoms with Crippen LogP contribution in [-0.4, -0.2) is 16.7 Å². The van der Waals surface area contributed by atoms with Crippen molar-refractivity contribution in [2.24, 2.45) is 5.92 Å². The normalized spacial score (nSPS) is 12.5. The second-order valence-corrected chi connectivity index (χ2v) is 6.77. The smallest absolute Gasteiger partial charge is 0.306 e. The van der Waals surface area contributed by atoms with Crippen molar-refractivity contribution in [2.75, 3.05) is 0 Å². The number of carboxylic acid groups (broad SMARTS) is 1. The number of aliphatic carboxylic acids is 1. The van der Waals surface area contributed by atoms with E-state index in [9.17, 15) is 4.79 Å². The van der Waals surface area contributed by atoms with E-state index in [-0.39, 0.29) is 0 Å². The summed E-state index contributed by atoms with van der Waals surface area (Å²) in [5.74, 6) is 0.761. The van der Waals surface area contributed by atoms with Crippen LogP contribution < -0.4 is 9.47 Å². The van der Waals surface area contributed by atoms with Crippen molar-refractivity contribution >= 4 is 17.6 Å². The van der Waals surface area contributed by atoms with Gasteiger partial charge < -0.3 is 14.6 Å². The number of benzene rings is 2. The Balaban J connectivity index is 1.98. The zero-order valence-corrected chi connectivity index (χ0v) is 14.7. The largest absolute Gasteiger partial charge is 0.488 e. The maximum Gasteiger partial charge on any atom is 0.306 e. The molecule has 1 unspecified atom stereocenters. The fourth-order valence-corrected chi connectivity index (χ4v) is 2.53. The van der Waals surface area contributed by atoms with Crippen LogP contribution >= 0.6 is 11.6 Å². The number of hydrogen-bond donors (Lipinski definition) is 1. The molecule has 0 aliphatic rings. The van der Waals surface area contributed by atoms with Gasteiger partial charge in [-0.2, -0.15) is 0 Å². The van der Waals surface area contributed by atoms with Gasteiger partial charge in [-0.05, 0) is 68.8 Å². The number of halogens is 1. The van der Waals surface area contributed by atoms with Crippen LogP contribution in [0.15, 0.2) is 48.5 Å². The molecule has 0 aromatic heterocycles. The summed E-state index contributed by atoms with van der Waals surface area (Å²) in [5, 5.41) is 9.68. The van der Waals surface area contributed by atoms with Gasteiger partial charge in [0.25, 0.3) is 0 Å². The minimum atomic E-state index is -0.821. The number of carboxylic acids is 1. The van der Waals surface area contributed by atoms with Gasteiger partial charge in [0.1, 0.15) is 22.8 Å². The Hall–Kier alpha value is -2.20. The molecule has 1 atom stereocenters. The molecule has 0 saturated heterocycles. The second kappa shape index (κ2) is 7.58. The first kappa shape index (κ1) is 18.1. The Morgan fingerprint density at radius 3 is 2.00 bits per heavy atom. The Kier molecular flexibility index (Phi) is 5.73. The number of carbonyl (C=O) groups is 1. The highest BCUT2D eigenvalue weighted by molar-refractivity contribution is 6.30. The van der Waals surface area contributed by atoms with E-state index in [2.05, 4.69) is 0 Å². The van der Waals surface area contributed by atoms with Gasteiger partial charge in [0.2, 0.25) is 0 Å². The Bertz CT molecular complexity index is 678. The summed E-state index contributed by atoms with van der Waals surface area (Å²) in [6, 6.07) is 14.3. The molecule has 4 nitrogen and oxygen atoms in total. The van der Waals surface area contributed by atoms with Crippen molar-refractivity contribution in [1.29, 1.82) is 0 Å². The van der Waals surface area contributed by atoms with Crippen LogP contribution in [0, 0.1) is 5.92 Å². The highest BCUT2D eigenvalue weighted by Gasteiger charge is 2.26. The predicted octanol–water partition coefficient (Wildman–Crippen LogP) is 5.40. The van der Waals surface area contributed by atoms with Gasteiger partial charge in [-0.3, -0.25) is 4.79 Å². The predicted molar refractivity (Wildman–Crippen MR) is 94.1 cm³/mol. The van der Waals surface area contributed by atoms with Crippen molar-refractivity contribution in [3.05, 3.63) is 53.6 Å². The van der Waals surface area contributed by atoms with Gasteiger partial charge >= 0.3 is 5.97 Å². The first-order valence-electron chi connectivity index (χ1n) is 7.70. The van der Waals surface area contributed by atoms with Crippen LogP contribution in [-0.2, 0) is 4.79 Å². The van der Waals surface area contributed by atoms with Crippen molar-refractivity contribution in [3.8, 4) is 17.2 Å². The minimum absolute atomic E-state index is 0.422. The average Bonchev–Trinajstić information content (AvgIpc) is 2.50. The third kappa shape index (κ3) is 5.46.